The average molecular weight is 358 g/mol. The molecule has 5 heteroatoms. The van der Waals surface area contributed by atoms with Crippen molar-refractivity contribution in [1.29, 1.82) is 0 Å². The van der Waals surface area contributed by atoms with Gasteiger partial charge in [-0.25, -0.2) is 0 Å². The molecule has 0 spiro atoms. The van der Waals surface area contributed by atoms with Crippen molar-refractivity contribution in [1.82, 2.24) is 10.2 Å². The zero-order valence-electron chi connectivity index (χ0n) is 16.0. The van der Waals surface area contributed by atoms with E-state index in [1.54, 1.807) is 6.08 Å². The van der Waals surface area contributed by atoms with Crippen LogP contribution in [0.4, 0.5) is 0 Å². The topological polar surface area (TPSA) is 50.8 Å². The normalized spacial score (nSPS) is 25.0. The molecule has 1 amide bonds. The quantitative estimate of drug-likeness (QED) is 0.793. The molecule has 1 fully saturated rings. The molecule has 0 saturated heterocycles. The Morgan fingerprint density at radius 1 is 1.19 bits per heavy atom. The first kappa shape index (κ1) is 18.8. The van der Waals surface area contributed by atoms with Gasteiger partial charge in [-0.1, -0.05) is 25.8 Å². The van der Waals surface area contributed by atoms with Crippen LogP contribution < -0.4 is 14.8 Å². The van der Waals surface area contributed by atoms with Crippen LogP contribution in [0.25, 0.3) is 6.08 Å². The number of hydrogen-bond donors (Lipinski definition) is 1. The van der Waals surface area contributed by atoms with Crippen molar-refractivity contribution in [2.75, 3.05) is 27.2 Å². The first-order valence-electron chi connectivity index (χ1n) is 9.59. The predicted molar refractivity (Wildman–Crippen MR) is 103 cm³/mol. The van der Waals surface area contributed by atoms with Crippen LogP contribution in [-0.4, -0.2) is 44.3 Å². The highest BCUT2D eigenvalue weighted by Crippen LogP contribution is 2.41. The number of carbonyl (C=O) groups is 1. The highest BCUT2D eigenvalue weighted by molar-refractivity contribution is 5.91. The lowest BCUT2D eigenvalue weighted by molar-refractivity contribution is -0.116. The van der Waals surface area contributed by atoms with Gasteiger partial charge in [0.05, 0.1) is 0 Å². The second-order valence-corrected chi connectivity index (χ2v) is 7.76. The minimum atomic E-state index is -0.161. The number of amides is 1. The first-order chi connectivity index (χ1) is 12.5. The summed E-state index contributed by atoms with van der Waals surface area (Å²) in [6.07, 6.45) is 8.05. The third kappa shape index (κ3) is 5.01. The molecule has 1 N–H and O–H groups in total. The summed E-state index contributed by atoms with van der Waals surface area (Å²) in [5, 5.41) is 2.87. The van der Waals surface area contributed by atoms with Gasteiger partial charge in [0.15, 0.2) is 11.5 Å². The molecule has 1 atom stereocenters. The van der Waals surface area contributed by atoms with Gasteiger partial charge in [-0.3, -0.25) is 4.79 Å². The second-order valence-electron chi connectivity index (χ2n) is 7.76. The molecule has 1 saturated carbocycles. The van der Waals surface area contributed by atoms with Gasteiger partial charge in [-0.2, -0.15) is 0 Å². The molecule has 0 aromatic heterocycles. The van der Waals surface area contributed by atoms with Crippen LogP contribution >= 0.6 is 0 Å². The van der Waals surface area contributed by atoms with Crippen molar-refractivity contribution in [3.63, 3.8) is 0 Å². The molecular formula is C21H30N2O3. The Labute approximate surface area is 156 Å². The van der Waals surface area contributed by atoms with Gasteiger partial charge < -0.3 is 19.7 Å². The number of carbonyl (C=O) groups excluding carboxylic acids is 1. The van der Waals surface area contributed by atoms with E-state index in [2.05, 4.69) is 12.2 Å². The number of hydrogen-bond acceptors (Lipinski definition) is 4. The Morgan fingerprint density at radius 3 is 2.65 bits per heavy atom. The minimum absolute atomic E-state index is 0.0845. The minimum Gasteiger partial charge on any atom is -0.451 e. The summed E-state index contributed by atoms with van der Waals surface area (Å²) in [4.78, 5) is 13.9. The van der Waals surface area contributed by atoms with Crippen LogP contribution in [0.5, 0.6) is 11.5 Å². The summed E-state index contributed by atoms with van der Waals surface area (Å²) < 4.78 is 12.1. The standard InChI is InChI=1S/C21H30N2O3/c1-15-4-8-17(9-5-15)21-25-18-10-6-16(14-19(18)26-21)7-11-20(24)22-12-13-23(2)3/h6-7,10-11,14-15,17,21H,4-5,8-9,12-13H2,1-3H3,(H,22,24)/t15-,17-,21?. The zero-order valence-corrected chi connectivity index (χ0v) is 16.0. The summed E-state index contributed by atoms with van der Waals surface area (Å²) >= 11 is 0. The van der Waals surface area contributed by atoms with E-state index in [1.807, 2.05) is 43.3 Å². The summed E-state index contributed by atoms with van der Waals surface area (Å²) in [6.45, 7) is 3.78. The number of nitrogens with zero attached hydrogens (tertiary/aromatic N) is 1. The van der Waals surface area contributed by atoms with Gasteiger partial charge in [0.25, 0.3) is 0 Å². The molecule has 1 aromatic carbocycles. The molecule has 1 unspecified atom stereocenters. The number of likely N-dealkylation sites (N-methyl/N-ethyl adjacent to an activating group) is 1. The number of ether oxygens (including phenoxy) is 2. The fourth-order valence-corrected chi connectivity index (χ4v) is 3.48. The Bertz CT molecular complexity index is 649. The van der Waals surface area contributed by atoms with Crippen molar-refractivity contribution in [2.45, 2.75) is 38.9 Å². The fraction of sp³-hybridized carbons (Fsp3) is 0.571. The molecular weight excluding hydrogens is 328 g/mol. The van der Waals surface area contributed by atoms with Gasteiger partial charge in [0.1, 0.15) is 0 Å². The molecule has 142 valence electrons. The van der Waals surface area contributed by atoms with Crippen LogP contribution in [-0.2, 0) is 4.79 Å². The Morgan fingerprint density at radius 2 is 1.92 bits per heavy atom. The van der Waals surface area contributed by atoms with E-state index in [-0.39, 0.29) is 12.2 Å². The van der Waals surface area contributed by atoms with Gasteiger partial charge in [0.2, 0.25) is 12.2 Å². The Hall–Kier alpha value is -2.01. The number of benzene rings is 1. The lowest BCUT2D eigenvalue weighted by Gasteiger charge is -2.28. The molecule has 0 bridgehead atoms. The number of nitrogens with one attached hydrogen (secondary N) is 1. The highest BCUT2D eigenvalue weighted by atomic mass is 16.7. The monoisotopic (exact) mass is 358 g/mol. The number of rotatable bonds is 6. The van der Waals surface area contributed by atoms with Crippen molar-refractivity contribution < 1.29 is 14.3 Å². The van der Waals surface area contributed by atoms with Gasteiger partial charge in [0, 0.05) is 25.1 Å². The van der Waals surface area contributed by atoms with Crippen molar-refractivity contribution in [3.05, 3.63) is 29.8 Å². The van der Waals surface area contributed by atoms with Crippen molar-refractivity contribution in [2.24, 2.45) is 11.8 Å². The first-order valence-corrected chi connectivity index (χ1v) is 9.59. The molecule has 5 nitrogen and oxygen atoms in total. The molecule has 1 heterocycles. The maximum atomic E-state index is 11.8. The fourth-order valence-electron chi connectivity index (χ4n) is 3.48. The third-order valence-corrected chi connectivity index (χ3v) is 5.18. The van der Waals surface area contributed by atoms with E-state index >= 15 is 0 Å². The third-order valence-electron chi connectivity index (χ3n) is 5.18. The van der Waals surface area contributed by atoms with Crippen LogP contribution in [0, 0.1) is 11.8 Å². The molecule has 26 heavy (non-hydrogen) atoms. The second kappa shape index (κ2) is 8.58. The lowest BCUT2D eigenvalue weighted by atomic mass is 9.83. The molecule has 2 aliphatic rings. The van der Waals surface area contributed by atoms with Crippen LogP contribution in [0.1, 0.15) is 38.2 Å². The SMILES string of the molecule is CN(C)CCNC(=O)C=Cc1ccc2c(c1)OC([C@H]1CC[C@H](C)CC1)O2. The predicted octanol–water partition coefficient (Wildman–Crippen LogP) is 3.30. The molecule has 1 aliphatic heterocycles. The lowest BCUT2D eigenvalue weighted by Crippen LogP contribution is -2.31. The average Bonchev–Trinajstić information content (AvgIpc) is 3.03. The van der Waals surface area contributed by atoms with Crippen LogP contribution in [0.2, 0.25) is 0 Å². The summed E-state index contributed by atoms with van der Waals surface area (Å²) in [5.74, 6) is 2.79. The molecule has 3 rings (SSSR count). The van der Waals surface area contributed by atoms with E-state index < -0.39 is 0 Å². The maximum absolute atomic E-state index is 11.8. The summed E-state index contributed by atoms with van der Waals surface area (Å²) in [5.41, 5.74) is 0.938. The zero-order chi connectivity index (χ0) is 18.5. The van der Waals surface area contributed by atoms with Gasteiger partial charge in [-0.05, 0) is 56.6 Å². The van der Waals surface area contributed by atoms with Crippen molar-refractivity contribution >= 4 is 12.0 Å². The molecule has 1 aromatic rings. The van der Waals surface area contributed by atoms with E-state index in [1.165, 1.54) is 25.7 Å². The van der Waals surface area contributed by atoms with E-state index in [0.717, 1.165) is 29.5 Å². The highest BCUT2D eigenvalue weighted by Gasteiger charge is 2.34. The summed E-state index contributed by atoms with van der Waals surface area (Å²) in [7, 11) is 3.96. The number of fused-ring (bicyclic) bond motifs is 1. The molecule has 0 radical (unpaired) electrons. The largest absolute Gasteiger partial charge is 0.451 e. The van der Waals surface area contributed by atoms with Crippen LogP contribution in [0.15, 0.2) is 24.3 Å². The van der Waals surface area contributed by atoms with Crippen molar-refractivity contribution in [3.8, 4) is 11.5 Å². The van der Waals surface area contributed by atoms with E-state index in [0.29, 0.717) is 12.5 Å². The Balaban J connectivity index is 1.53. The van der Waals surface area contributed by atoms with Gasteiger partial charge >= 0.3 is 0 Å². The molecule has 1 aliphatic carbocycles. The van der Waals surface area contributed by atoms with Gasteiger partial charge in [-0.15, -0.1) is 0 Å². The maximum Gasteiger partial charge on any atom is 0.244 e. The van der Waals surface area contributed by atoms with E-state index in [4.69, 9.17) is 9.47 Å². The van der Waals surface area contributed by atoms with Crippen LogP contribution in [0.3, 0.4) is 0 Å². The Kier molecular flexibility index (Phi) is 6.20. The smallest absolute Gasteiger partial charge is 0.244 e. The summed E-state index contributed by atoms with van der Waals surface area (Å²) in [6, 6.07) is 5.84. The van der Waals surface area contributed by atoms with E-state index in [9.17, 15) is 4.79 Å².